The van der Waals surface area contributed by atoms with Crippen molar-refractivity contribution in [2.24, 2.45) is 0 Å². The first-order valence-corrected chi connectivity index (χ1v) is 9.57. The molecule has 2 heterocycles. The Bertz CT molecular complexity index is 1030. The normalized spacial score (nSPS) is 11.0. The van der Waals surface area contributed by atoms with Crippen molar-refractivity contribution < 1.29 is 13.9 Å². The second-order valence-electron chi connectivity index (χ2n) is 6.72. The van der Waals surface area contributed by atoms with Crippen LogP contribution in [-0.4, -0.2) is 37.4 Å². The zero-order valence-corrected chi connectivity index (χ0v) is 17.6. The van der Waals surface area contributed by atoms with E-state index in [1.54, 1.807) is 24.2 Å². The molecule has 0 radical (unpaired) electrons. The summed E-state index contributed by atoms with van der Waals surface area (Å²) in [5.41, 5.74) is 3.33. The first-order valence-electron chi connectivity index (χ1n) is 9.19. The summed E-state index contributed by atoms with van der Waals surface area (Å²) in [5, 5.41) is 8.74. The number of carbonyl (C=O) groups is 1. The number of aromatic nitrogens is 4. The smallest absolute Gasteiger partial charge is 0.274 e. The molecule has 0 bridgehead atoms. The molecule has 0 fully saturated rings. The van der Waals surface area contributed by atoms with Gasteiger partial charge < -0.3 is 9.64 Å². The number of benzene rings is 1. The molecular formula is C20H23ClFN5O2. The molecule has 2 aromatic heterocycles. The van der Waals surface area contributed by atoms with E-state index in [1.807, 2.05) is 25.5 Å². The summed E-state index contributed by atoms with van der Waals surface area (Å²) < 4.78 is 22.2. The van der Waals surface area contributed by atoms with Gasteiger partial charge in [-0.1, -0.05) is 11.6 Å². The van der Waals surface area contributed by atoms with Crippen molar-refractivity contribution in [3.63, 3.8) is 0 Å². The fraction of sp³-hybridized carbons (Fsp3) is 0.350. The Balaban J connectivity index is 1.64. The van der Waals surface area contributed by atoms with Crippen molar-refractivity contribution in [1.29, 1.82) is 0 Å². The minimum Gasteiger partial charge on any atom is -0.471 e. The standard InChI is InChI=1S/C20H23ClFN5O2/c1-5-27-14(3)16(13(2)23-27)11-25(4)20(28)19-8-9-26(24-19)12-29-15-6-7-18(22)17(21)10-15/h6-10H,5,11-12H2,1-4H3. The van der Waals surface area contributed by atoms with Crippen LogP contribution in [0, 0.1) is 19.7 Å². The summed E-state index contributed by atoms with van der Waals surface area (Å²) in [6.07, 6.45) is 1.65. The van der Waals surface area contributed by atoms with Crippen molar-refractivity contribution >= 4 is 17.5 Å². The zero-order valence-electron chi connectivity index (χ0n) is 16.8. The van der Waals surface area contributed by atoms with E-state index in [2.05, 4.69) is 10.2 Å². The van der Waals surface area contributed by atoms with E-state index in [1.165, 1.54) is 22.9 Å². The molecule has 0 saturated heterocycles. The van der Waals surface area contributed by atoms with Crippen LogP contribution < -0.4 is 4.74 Å². The second kappa shape index (κ2) is 8.65. The molecule has 29 heavy (non-hydrogen) atoms. The van der Waals surface area contributed by atoms with Gasteiger partial charge in [-0.25, -0.2) is 9.07 Å². The van der Waals surface area contributed by atoms with Gasteiger partial charge in [0.2, 0.25) is 0 Å². The van der Waals surface area contributed by atoms with E-state index in [0.29, 0.717) is 18.0 Å². The van der Waals surface area contributed by atoms with E-state index in [0.717, 1.165) is 23.5 Å². The van der Waals surface area contributed by atoms with E-state index in [9.17, 15) is 9.18 Å². The molecule has 1 aromatic carbocycles. The molecule has 0 atom stereocenters. The summed E-state index contributed by atoms with van der Waals surface area (Å²) in [5.74, 6) is -0.295. The van der Waals surface area contributed by atoms with Crippen LogP contribution in [0.25, 0.3) is 0 Å². The van der Waals surface area contributed by atoms with Gasteiger partial charge in [0.05, 0.1) is 10.7 Å². The van der Waals surface area contributed by atoms with Gasteiger partial charge >= 0.3 is 0 Å². The highest BCUT2D eigenvalue weighted by atomic mass is 35.5. The number of carbonyl (C=O) groups excluding carboxylic acids is 1. The van der Waals surface area contributed by atoms with Gasteiger partial charge in [-0.15, -0.1) is 0 Å². The lowest BCUT2D eigenvalue weighted by Gasteiger charge is -2.16. The van der Waals surface area contributed by atoms with Crippen LogP contribution >= 0.6 is 11.6 Å². The summed E-state index contributed by atoms with van der Waals surface area (Å²) in [6, 6.07) is 5.73. The maximum absolute atomic E-state index is 13.2. The van der Waals surface area contributed by atoms with E-state index < -0.39 is 5.82 Å². The van der Waals surface area contributed by atoms with Crippen molar-refractivity contribution in [2.75, 3.05) is 7.05 Å². The largest absolute Gasteiger partial charge is 0.471 e. The molecule has 154 valence electrons. The average molecular weight is 420 g/mol. The third-order valence-corrected chi connectivity index (χ3v) is 4.98. The van der Waals surface area contributed by atoms with Crippen molar-refractivity contribution in [3.05, 3.63) is 63.9 Å². The molecule has 7 nitrogen and oxygen atoms in total. The Morgan fingerprint density at radius 1 is 1.28 bits per heavy atom. The summed E-state index contributed by atoms with van der Waals surface area (Å²) in [6.45, 7) is 7.29. The zero-order chi connectivity index (χ0) is 21.1. The summed E-state index contributed by atoms with van der Waals surface area (Å²) in [4.78, 5) is 14.4. The molecule has 0 aliphatic carbocycles. The number of rotatable bonds is 7. The van der Waals surface area contributed by atoms with Crippen molar-refractivity contribution in [1.82, 2.24) is 24.5 Å². The van der Waals surface area contributed by atoms with Gasteiger partial charge in [-0.2, -0.15) is 10.2 Å². The molecule has 0 aliphatic rings. The van der Waals surface area contributed by atoms with Gasteiger partial charge in [0.15, 0.2) is 12.4 Å². The Kier molecular flexibility index (Phi) is 6.22. The van der Waals surface area contributed by atoms with E-state index >= 15 is 0 Å². The van der Waals surface area contributed by atoms with Crippen LogP contribution in [-0.2, 0) is 19.8 Å². The number of hydrogen-bond donors (Lipinski definition) is 0. The Hall–Kier alpha value is -2.87. The topological polar surface area (TPSA) is 65.2 Å². The van der Waals surface area contributed by atoms with Gasteiger partial charge in [0, 0.05) is 43.7 Å². The van der Waals surface area contributed by atoms with Crippen LogP contribution in [0.1, 0.15) is 34.4 Å². The number of amides is 1. The Morgan fingerprint density at radius 2 is 2.03 bits per heavy atom. The quantitative estimate of drug-likeness (QED) is 0.584. The fourth-order valence-corrected chi connectivity index (χ4v) is 3.20. The highest BCUT2D eigenvalue weighted by Gasteiger charge is 2.19. The Morgan fingerprint density at radius 3 is 2.69 bits per heavy atom. The van der Waals surface area contributed by atoms with Gasteiger partial charge in [-0.3, -0.25) is 9.48 Å². The number of aryl methyl sites for hydroxylation is 2. The SMILES string of the molecule is CCn1nc(C)c(CN(C)C(=O)c2ccn(COc3ccc(F)c(Cl)c3)n2)c1C. The minimum absolute atomic E-state index is 0.0163. The van der Waals surface area contributed by atoms with Crippen LogP contribution in [0.3, 0.4) is 0 Å². The number of halogens is 2. The molecule has 3 rings (SSSR count). The summed E-state index contributed by atoms with van der Waals surface area (Å²) >= 11 is 5.74. The predicted molar refractivity (Wildman–Crippen MR) is 107 cm³/mol. The lowest BCUT2D eigenvalue weighted by molar-refractivity contribution is 0.0776. The molecular weight excluding hydrogens is 397 g/mol. The maximum atomic E-state index is 13.2. The van der Waals surface area contributed by atoms with Crippen LogP contribution in [0.15, 0.2) is 30.5 Å². The fourth-order valence-electron chi connectivity index (χ4n) is 3.03. The van der Waals surface area contributed by atoms with E-state index in [4.69, 9.17) is 16.3 Å². The van der Waals surface area contributed by atoms with Crippen molar-refractivity contribution in [3.8, 4) is 5.75 Å². The number of hydrogen-bond acceptors (Lipinski definition) is 4. The van der Waals surface area contributed by atoms with Gasteiger partial charge in [-0.05, 0) is 39.0 Å². The number of ether oxygens (including phenoxy) is 1. The molecule has 0 saturated carbocycles. The van der Waals surface area contributed by atoms with E-state index in [-0.39, 0.29) is 17.7 Å². The summed E-state index contributed by atoms with van der Waals surface area (Å²) in [7, 11) is 1.74. The Labute approximate surface area is 173 Å². The molecule has 1 amide bonds. The lowest BCUT2D eigenvalue weighted by Crippen LogP contribution is -2.27. The van der Waals surface area contributed by atoms with Crippen LogP contribution in [0.4, 0.5) is 4.39 Å². The molecule has 0 unspecified atom stereocenters. The average Bonchev–Trinajstić information content (AvgIpc) is 3.28. The van der Waals surface area contributed by atoms with Crippen LogP contribution in [0.5, 0.6) is 5.75 Å². The highest BCUT2D eigenvalue weighted by Crippen LogP contribution is 2.21. The molecule has 0 spiro atoms. The van der Waals surface area contributed by atoms with Crippen molar-refractivity contribution in [2.45, 2.75) is 40.6 Å². The molecule has 9 heteroatoms. The first-order chi connectivity index (χ1) is 13.8. The molecule has 0 aliphatic heterocycles. The van der Waals surface area contributed by atoms with Gasteiger partial charge in [0.1, 0.15) is 11.6 Å². The third-order valence-electron chi connectivity index (χ3n) is 4.69. The monoisotopic (exact) mass is 419 g/mol. The first kappa shape index (κ1) is 20.9. The third kappa shape index (κ3) is 4.59. The highest BCUT2D eigenvalue weighted by molar-refractivity contribution is 6.30. The predicted octanol–water partition coefficient (Wildman–Crippen LogP) is 3.82. The second-order valence-corrected chi connectivity index (χ2v) is 7.12. The van der Waals surface area contributed by atoms with Crippen LogP contribution in [0.2, 0.25) is 5.02 Å². The molecule has 0 N–H and O–H groups in total. The molecule has 3 aromatic rings. The number of nitrogens with zero attached hydrogens (tertiary/aromatic N) is 5. The maximum Gasteiger partial charge on any atom is 0.274 e. The lowest BCUT2D eigenvalue weighted by atomic mass is 10.2. The van der Waals surface area contributed by atoms with Gasteiger partial charge in [0.25, 0.3) is 5.91 Å². The minimum atomic E-state index is -0.510.